The van der Waals surface area contributed by atoms with Crippen LogP contribution in [0.15, 0.2) is 24.3 Å². The van der Waals surface area contributed by atoms with E-state index in [1.54, 1.807) is 38.2 Å². The third-order valence-corrected chi connectivity index (χ3v) is 4.06. The lowest BCUT2D eigenvalue weighted by atomic mass is 9.90. The van der Waals surface area contributed by atoms with Crippen LogP contribution in [0.3, 0.4) is 0 Å². The number of aliphatic hydroxyl groups excluding tert-OH is 3. The van der Waals surface area contributed by atoms with E-state index in [1.807, 2.05) is 0 Å². The van der Waals surface area contributed by atoms with Crippen LogP contribution in [0.4, 0.5) is 0 Å². The summed E-state index contributed by atoms with van der Waals surface area (Å²) < 4.78 is 5.61. The molecule has 0 aromatic heterocycles. The molecule has 1 fully saturated rings. The standard InChI is InChI=1S/C15H23NO5/c1-8-13(18)15(20)14(19)12(21-8)7-11(16-2)9-3-5-10(17)6-4-9/h3-6,8,11-20H,7H2,1-2H3/t8-,11?,12?,13-,14-,15+/m1/s1. The highest BCUT2D eigenvalue weighted by Gasteiger charge is 2.42. The van der Waals surface area contributed by atoms with Crippen LogP contribution in [0.1, 0.15) is 24.9 Å². The monoisotopic (exact) mass is 297 g/mol. The highest BCUT2D eigenvalue weighted by atomic mass is 16.5. The van der Waals surface area contributed by atoms with Gasteiger partial charge in [0.05, 0.1) is 12.2 Å². The summed E-state index contributed by atoms with van der Waals surface area (Å²) in [6, 6.07) is 6.68. The van der Waals surface area contributed by atoms with E-state index in [0.717, 1.165) is 5.56 Å². The SMILES string of the molecule is CNC(CC1O[C@H](C)[C@@H](O)[C@H](O)[C@@H]1O)c1ccc(O)cc1. The number of phenols is 1. The highest BCUT2D eigenvalue weighted by molar-refractivity contribution is 5.28. The minimum Gasteiger partial charge on any atom is -0.508 e. The summed E-state index contributed by atoms with van der Waals surface area (Å²) in [7, 11) is 1.79. The van der Waals surface area contributed by atoms with Crippen LogP contribution in [0.2, 0.25) is 0 Å². The van der Waals surface area contributed by atoms with Gasteiger partial charge in [-0.15, -0.1) is 0 Å². The van der Waals surface area contributed by atoms with Crippen molar-refractivity contribution in [3.8, 4) is 5.75 Å². The molecule has 1 saturated heterocycles. The molecule has 1 heterocycles. The Morgan fingerprint density at radius 2 is 1.71 bits per heavy atom. The van der Waals surface area contributed by atoms with Crippen LogP contribution in [-0.4, -0.2) is 58.0 Å². The van der Waals surface area contributed by atoms with Gasteiger partial charge in [0.1, 0.15) is 24.1 Å². The fourth-order valence-corrected chi connectivity index (χ4v) is 2.69. The normalized spacial score (nSPS) is 34.6. The van der Waals surface area contributed by atoms with Crippen molar-refractivity contribution in [3.63, 3.8) is 0 Å². The Hall–Kier alpha value is -1.18. The van der Waals surface area contributed by atoms with Crippen molar-refractivity contribution in [2.75, 3.05) is 7.05 Å². The summed E-state index contributed by atoms with van der Waals surface area (Å²) in [5.41, 5.74) is 0.944. The zero-order valence-electron chi connectivity index (χ0n) is 12.2. The first-order chi connectivity index (χ1) is 9.93. The number of aliphatic hydroxyl groups is 3. The molecule has 2 unspecified atom stereocenters. The minimum absolute atomic E-state index is 0.0973. The highest BCUT2D eigenvalue weighted by Crippen LogP contribution is 2.28. The van der Waals surface area contributed by atoms with Gasteiger partial charge in [-0.2, -0.15) is 0 Å². The molecule has 2 rings (SSSR count). The summed E-state index contributed by atoms with van der Waals surface area (Å²) in [5.74, 6) is 0.190. The van der Waals surface area contributed by atoms with E-state index in [9.17, 15) is 20.4 Å². The first-order valence-corrected chi connectivity index (χ1v) is 7.10. The van der Waals surface area contributed by atoms with Gasteiger partial charge in [0.15, 0.2) is 0 Å². The Morgan fingerprint density at radius 1 is 1.10 bits per heavy atom. The Bertz CT molecular complexity index is 452. The predicted molar refractivity (Wildman–Crippen MR) is 76.9 cm³/mol. The molecule has 0 spiro atoms. The Kier molecular flexibility index (Phi) is 5.18. The molecule has 1 aliphatic heterocycles. The number of phenolic OH excluding ortho intramolecular Hbond substituents is 1. The van der Waals surface area contributed by atoms with Crippen molar-refractivity contribution >= 4 is 0 Å². The lowest BCUT2D eigenvalue weighted by Crippen LogP contribution is -2.57. The number of ether oxygens (including phenoxy) is 1. The lowest BCUT2D eigenvalue weighted by Gasteiger charge is -2.40. The van der Waals surface area contributed by atoms with Crippen molar-refractivity contribution in [2.45, 2.75) is 49.9 Å². The van der Waals surface area contributed by atoms with Crippen LogP contribution < -0.4 is 5.32 Å². The Morgan fingerprint density at radius 3 is 2.29 bits per heavy atom. The number of hydrogen-bond donors (Lipinski definition) is 5. The van der Waals surface area contributed by atoms with Gasteiger partial charge in [-0.25, -0.2) is 0 Å². The summed E-state index contributed by atoms with van der Waals surface area (Å²) in [5, 5.41) is 42.1. The number of benzene rings is 1. The maximum Gasteiger partial charge on any atom is 0.115 e. The fraction of sp³-hybridized carbons (Fsp3) is 0.600. The second kappa shape index (κ2) is 6.72. The molecule has 6 heteroatoms. The molecule has 5 N–H and O–H groups in total. The molecule has 21 heavy (non-hydrogen) atoms. The zero-order valence-corrected chi connectivity index (χ0v) is 12.2. The predicted octanol–water partition coefficient (Wildman–Crippen LogP) is -0.0872. The molecule has 118 valence electrons. The lowest BCUT2D eigenvalue weighted by molar-refractivity contribution is -0.219. The van der Waals surface area contributed by atoms with Gasteiger partial charge in [-0.3, -0.25) is 0 Å². The molecule has 1 aromatic rings. The topological polar surface area (TPSA) is 102 Å². The third kappa shape index (κ3) is 3.53. The number of hydrogen-bond acceptors (Lipinski definition) is 6. The summed E-state index contributed by atoms with van der Waals surface area (Å²) in [4.78, 5) is 0. The van der Waals surface area contributed by atoms with Gasteiger partial charge in [0.25, 0.3) is 0 Å². The van der Waals surface area contributed by atoms with E-state index in [4.69, 9.17) is 4.74 Å². The second-order valence-corrected chi connectivity index (χ2v) is 5.52. The van der Waals surface area contributed by atoms with E-state index < -0.39 is 30.5 Å². The second-order valence-electron chi connectivity index (χ2n) is 5.52. The number of aromatic hydroxyl groups is 1. The summed E-state index contributed by atoms with van der Waals surface area (Å²) in [6.07, 6.45) is -4.11. The number of nitrogens with one attached hydrogen (secondary N) is 1. The third-order valence-electron chi connectivity index (χ3n) is 4.06. The molecule has 6 nitrogen and oxygen atoms in total. The van der Waals surface area contributed by atoms with Crippen molar-refractivity contribution in [3.05, 3.63) is 29.8 Å². The Labute approximate surface area is 124 Å². The van der Waals surface area contributed by atoms with E-state index >= 15 is 0 Å². The molecular weight excluding hydrogens is 274 g/mol. The van der Waals surface area contributed by atoms with Crippen LogP contribution in [0, 0.1) is 0 Å². The fourth-order valence-electron chi connectivity index (χ4n) is 2.69. The van der Waals surface area contributed by atoms with Gasteiger partial charge in [-0.05, 0) is 38.1 Å². The van der Waals surface area contributed by atoms with Crippen LogP contribution in [0.25, 0.3) is 0 Å². The van der Waals surface area contributed by atoms with Gasteiger partial charge >= 0.3 is 0 Å². The van der Waals surface area contributed by atoms with Crippen molar-refractivity contribution < 1.29 is 25.2 Å². The van der Waals surface area contributed by atoms with Gasteiger partial charge < -0.3 is 30.5 Å². The van der Waals surface area contributed by atoms with Gasteiger partial charge in [0.2, 0.25) is 0 Å². The first-order valence-electron chi connectivity index (χ1n) is 7.10. The van der Waals surface area contributed by atoms with Crippen molar-refractivity contribution in [1.29, 1.82) is 0 Å². The first kappa shape index (κ1) is 16.2. The molecule has 0 saturated carbocycles. The average Bonchev–Trinajstić information content (AvgIpc) is 2.48. The zero-order chi connectivity index (χ0) is 15.6. The molecule has 1 aliphatic rings. The maximum atomic E-state index is 10.1. The molecule has 6 atom stereocenters. The largest absolute Gasteiger partial charge is 0.508 e. The maximum absolute atomic E-state index is 10.1. The van der Waals surface area contributed by atoms with Crippen LogP contribution in [-0.2, 0) is 4.74 Å². The molecular formula is C15H23NO5. The van der Waals surface area contributed by atoms with E-state index in [1.165, 1.54) is 0 Å². The summed E-state index contributed by atoms with van der Waals surface area (Å²) in [6.45, 7) is 1.67. The van der Waals surface area contributed by atoms with E-state index in [0.29, 0.717) is 6.42 Å². The molecule has 1 aromatic carbocycles. The van der Waals surface area contributed by atoms with Crippen LogP contribution in [0.5, 0.6) is 5.75 Å². The minimum atomic E-state index is -1.21. The van der Waals surface area contributed by atoms with E-state index in [2.05, 4.69) is 5.32 Å². The van der Waals surface area contributed by atoms with E-state index in [-0.39, 0.29) is 11.8 Å². The number of rotatable bonds is 4. The Balaban J connectivity index is 2.09. The smallest absolute Gasteiger partial charge is 0.115 e. The van der Waals surface area contributed by atoms with Crippen molar-refractivity contribution in [1.82, 2.24) is 5.32 Å². The van der Waals surface area contributed by atoms with Crippen LogP contribution >= 0.6 is 0 Å². The van der Waals surface area contributed by atoms with Gasteiger partial charge in [-0.1, -0.05) is 12.1 Å². The molecule has 0 aliphatic carbocycles. The summed E-state index contributed by atoms with van der Waals surface area (Å²) >= 11 is 0. The van der Waals surface area contributed by atoms with Crippen molar-refractivity contribution in [2.24, 2.45) is 0 Å². The molecule has 0 amide bonds. The average molecular weight is 297 g/mol. The molecule has 0 radical (unpaired) electrons. The quantitative estimate of drug-likeness (QED) is 0.532. The van der Waals surface area contributed by atoms with Gasteiger partial charge in [0, 0.05) is 6.04 Å². The molecule has 0 bridgehead atoms.